The van der Waals surface area contributed by atoms with Gasteiger partial charge in [0.05, 0.1) is 11.4 Å². The van der Waals surface area contributed by atoms with Crippen LogP contribution < -0.4 is 9.62 Å². The van der Waals surface area contributed by atoms with Crippen molar-refractivity contribution in [3.63, 3.8) is 0 Å². The molecule has 0 saturated heterocycles. The Hall–Kier alpha value is -1.56. The van der Waals surface area contributed by atoms with Crippen LogP contribution in [0.2, 0.25) is 0 Å². The molecule has 1 heterocycles. The Kier molecular flexibility index (Phi) is 4.80. The maximum absolute atomic E-state index is 12.4. The number of nitrogens with zero attached hydrogens (tertiary/aromatic N) is 1. The predicted molar refractivity (Wildman–Crippen MR) is 88.4 cm³/mol. The number of nitrogens with one attached hydrogen (secondary N) is 1. The lowest BCUT2D eigenvalue weighted by molar-refractivity contribution is -0.122. The molecule has 122 valence electrons. The Labute approximate surface area is 132 Å². The minimum Gasteiger partial charge on any atom is -0.355 e. The van der Waals surface area contributed by atoms with Gasteiger partial charge in [-0.1, -0.05) is 39.0 Å². The molecule has 1 aromatic rings. The van der Waals surface area contributed by atoms with Crippen LogP contribution >= 0.6 is 0 Å². The maximum Gasteiger partial charge on any atom is 0.236 e. The maximum atomic E-state index is 12.4. The lowest BCUT2D eigenvalue weighted by atomic mass is 9.92. The minimum absolute atomic E-state index is 0.0722. The molecule has 0 atom stereocenters. The Balaban J connectivity index is 1.92. The van der Waals surface area contributed by atoms with Crippen LogP contribution in [0.5, 0.6) is 0 Å². The summed E-state index contributed by atoms with van der Waals surface area (Å²) in [6, 6.07) is 7.55. The van der Waals surface area contributed by atoms with Crippen molar-refractivity contribution in [1.29, 1.82) is 0 Å². The van der Waals surface area contributed by atoms with E-state index in [1.807, 2.05) is 45.0 Å². The quantitative estimate of drug-likeness (QED) is 0.900. The van der Waals surface area contributed by atoms with Crippen molar-refractivity contribution in [3.8, 4) is 0 Å². The summed E-state index contributed by atoms with van der Waals surface area (Å²) in [7, 11) is -3.39. The molecule has 2 rings (SSSR count). The second-order valence-corrected chi connectivity index (χ2v) is 8.87. The molecule has 5 nitrogen and oxygen atoms in total. The molecule has 1 aromatic carbocycles. The monoisotopic (exact) mass is 324 g/mol. The zero-order valence-corrected chi connectivity index (χ0v) is 14.2. The highest BCUT2D eigenvalue weighted by atomic mass is 32.2. The van der Waals surface area contributed by atoms with Crippen LogP contribution in [0, 0.1) is 5.41 Å². The molecule has 0 saturated carbocycles. The fourth-order valence-electron chi connectivity index (χ4n) is 2.57. The van der Waals surface area contributed by atoms with Crippen molar-refractivity contribution < 1.29 is 13.2 Å². The molecule has 1 amide bonds. The van der Waals surface area contributed by atoms with Crippen LogP contribution in [-0.4, -0.2) is 33.2 Å². The van der Waals surface area contributed by atoms with Gasteiger partial charge in [-0.3, -0.25) is 9.10 Å². The topological polar surface area (TPSA) is 66.5 Å². The van der Waals surface area contributed by atoms with Gasteiger partial charge in [0.1, 0.15) is 0 Å². The highest BCUT2D eigenvalue weighted by Crippen LogP contribution is 2.29. The molecule has 1 N–H and O–H groups in total. The summed E-state index contributed by atoms with van der Waals surface area (Å²) in [6.07, 6.45) is 1.13. The van der Waals surface area contributed by atoms with Gasteiger partial charge in [0, 0.05) is 19.5 Å². The third-order valence-electron chi connectivity index (χ3n) is 3.55. The first-order valence-corrected chi connectivity index (χ1v) is 9.15. The molecule has 1 aliphatic heterocycles. The number of fused-ring (bicyclic) bond motifs is 1. The van der Waals surface area contributed by atoms with E-state index in [4.69, 9.17) is 0 Å². The summed E-state index contributed by atoms with van der Waals surface area (Å²) in [4.78, 5) is 11.7. The molecule has 1 aliphatic rings. The molecular weight excluding hydrogens is 300 g/mol. The summed E-state index contributed by atoms with van der Waals surface area (Å²) >= 11 is 0. The highest BCUT2D eigenvalue weighted by molar-refractivity contribution is 7.92. The number of hydrogen-bond donors (Lipinski definition) is 1. The van der Waals surface area contributed by atoms with E-state index in [2.05, 4.69) is 5.32 Å². The number of para-hydroxylation sites is 1. The molecular formula is C16H24N2O3S. The lowest BCUT2D eigenvalue weighted by Crippen LogP contribution is -2.37. The summed E-state index contributed by atoms with van der Waals surface area (Å²) in [5.41, 5.74) is 1.72. The summed E-state index contributed by atoms with van der Waals surface area (Å²) < 4.78 is 26.3. The third kappa shape index (κ3) is 4.22. The fourth-order valence-corrected chi connectivity index (χ4v) is 4.00. The molecule has 22 heavy (non-hydrogen) atoms. The lowest BCUT2D eigenvalue weighted by Gasteiger charge is -2.20. The van der Waals surface area contributed by atoms with Crippen molar-refractivity contribution in [3.05, 3.63) is 29.8 Å². The van der Waals surface area contributed by atoms with Crippen molar-refractivity contribution in [2.75, 3.05) is 23.1 Å². The van der Waals surface area contributed by atoms with Gasteiger partial charge >= 0.3 is 0 Å². The average Bonchev–Trinajstić information content (AvgIpc) is 2.80. The molecule has 0 radical (unpaired) electrons. The summed E-state index contributed by atoms with van der Waals surface area (Å²) in [5, 5.41) is 2.70. The van der Waals surface area contributed by atoms with Crippen molar-refractivity contribution in [1.82, 2.24) is 5.32 Å². The number of carbonyl (C=O) groups is 1. The standard InChI is InChI=1S/C16H24N2O3S/c1-16(2,3)12-15(19)17-9-11-22(20,21)18-10-8-13-6-4-5-7-14(13)18/h4-7H,8-12H2,1-3H3,(H,17,19). The fraction of sp³-hybridized carbons (Fsp3) is 0.562. The number of anilines is 1. The van der Waals surface area contributed by atoms with Crippen LogP contribution in [0.3, 0.4) is 0 Å². The summed E-state index contributed by atoms with van der Waals surface area (Å²) in [6.45, 7) is 6.56. The SMILES string of the molecule is CC(C)(C)CC(=O)NCCS(=O)(=O)N1CCc2ccccc21. The number of hydrogen-bond acceptors (Lipinski definition) is 3. The first-order valence-electron chi connectivity index (χ1n) is 7.54. The normalized spacial score (nSPS) is 14.8. The van der Waals surface area contributed by atoms with E-state index < -0.39 is 10.0 Å². The van der Waals surface area contributed by atoms with Gasteiger partial charge in [-0.05, 0) is 23.5 Å². The second kappa shape index (κ2) is 6.28. The van der Waals surface area contributed by atoms with E-state index in [1.165, 1.54) is 4.31 Å². The Morgan fingerprint density at radius 3 is 2.64 bits per heavy atom. The van der Waals surface area contributed by atoms with Gasteiger partial charge in [-0.15, -0.1) is 0 Å². The van der Waals surface area contributed by atoms with Gasteiger partial charge in [0.25, 0.3) is 0 Å². The van der Waals surface area contributed by atoms with Crippen molar-refractivity contribution in [2.24, 2.45) is 5.41 Å². The van der Waals surface area contributed by atoms with Gasteiger partial charge in [-0.25, -0.2) is 8.42 Å². The smallest absolute Gasteiger partial charge is 0.236 e. The largest absolute Gasteiger partial charge is 0.355 e. The van der Waals surface area contributed by atoms with E-state index >= 15 is 0 Å². The summed E-state index contributed by atoms with van der Waals surface area (Å²) in [5.74, 6) is -0.179. The van der Waals surface area contributed by atoms with Crippen molar-refractivity contribution >= 4 is 21.6 Å². The van der Waals surface area contributed by atoms with Gasteiger partial charge in [0.15, 0.2) is 0 Å². The highest BCUT2D eigenvalue weighted by Gasteiger charge is 2.28. The molecule has 0 aliphatic carbocycles. The molecule has 6 heteroatoms. The zero-order chi connectivity index (χ0) is 16.4. The Morgan fingerprint density at radius 2 is 1.95 bits per heavy atom. The van der Waals surface area contributed by atoms with Gasteiger partial charge < -0.3 is 5.32 Å². The number of sulfonamides is 1. The predicted octanol–water partition coefficient (Wildman–Crippen LogP) is 1.93. The van der Waals surface area contributed by atoms with E-state index in [9.17, 15) is 13.2 Å². The van der Waals surface area contributed by atoms with Crippen LogP contribution in [0.1, 0.15) is 32.8 Å². The molecule has 0 aromatic heterocycles. The van der Waals surface area contributed by atoms with E-state index in [0.717, 1.165) is 17.7 Å². The van der Waals surface area contributed by atoms with Crippen LogP contribution in [0.4, 0.5) is 5.69 Å². The van der Waals surface area contributed by atoms with E-state index in [0.29, 0.717) is 13.0 Å². The number of rotatable bonds is 5. The molecule has 0 fully saturated rings. The second-order valence-electron chi connectivity index (χ2n) is 6.85. The number of amides is 1. The van der Waals surface area contributed by atoms with E-state index in [-0.39, 0.29) is 23.6 Å². The van der Waals surface area contributed by atoms with Gasteiger partial charge in [-0.2, -0.15) is 0 Å². The first-order chi connectivity index (χ1) is 10.2. The Bertz CT molecular complexity index is 648. The minimum atomic E-state index is -3.39. The van der Waals surface area contributed by atoms with Gasteiger partial charge in [0.2, 0.25) is 15.9 Å². The van der Waals surface area contributed by atoms with E-state index in [1.54, 1.807) is 0 Å². The van der Waals surface area contributed by atoms with Crippen LogP contribution in [0.15, 0.2) is 24.3 Å². The first kappa shape index (κ1) is 16.8. The van der Waals surface area contributed by atoms with Crippen LogP contribution in [0.25, 0.3) is 0 Å². The number of benzene rings is 1. The third-order valence-corrected chi connectivity index (χ3v) is 5.32. The number of carbonyl (C=O) groups excluding carboxylic acids is 1. The molecule has 0 bridgehead atoms. The zero-order valence-electron chi connectivity index (χ0n) is 13.4. The van der Waals surface area contributed by atoms with Crippen LogP contribution in [-0.2, 0) is 21.2 Å². The van der Waals surface area contributed by atoms with Crippen molar-refractivity contribution in [2.45, 2.75) is 33.6 Å². The molecule has 0 unspecified atom stereocenters. The Morgan fingerprint density at radius 1 is 1.27 bits per heavy atom. The molecule has 0 spiro atoms. The average molecular weight is 324 g/mol.